The van der Waals surface area contributed by atoms with Gasteiger partial charge in [-0.1, -0.05) is 0 Å². The topological polar surface area (TPSA) is 39.9 Å². The first-order valence-electron chi connectivity index (χ1n) is 7.23. The molecule has 0 N–H and O–H groups in total. The van der Waals surface area contributed by atoms with Crippen LogP contribution in [0.1, 0.15) is 0 Å². The molecule has 2 radical (unpaired) electrons. The van der Waals surface area contributed by atoms with Gasteiger partial charge in [0.15, 0.2) is 0 Å². The summed E-state index contributed by atoms with van der Waals surface area (Å²) in [7, 11) is 0. The number of benzene rings is 2. The van der Waals surface area contributed by atoms with Gasteiger partial charge in [0.2, 0.25) is 0 Å². The van der Waals surface area contributed by atoms with Crippen molar-refractivity contribution in [3.05, 3.63) is 72.9 Å². The SMILES string of the molecule is [Ga][O]c1ccccc1-c1nc2ncccc2n1-c1ccccc1. The Bertz CT molecular complexity index is 966. The molecule has 23 heavy (non-hydrogen) atoms. The molecule has 0 aliphatic heterocycles. The second-order valence-corrected chi connectivity index (χ2v) is 5.56. The fourth-order valence-electron chi connectivity index (χ4n) is 2.69. The second-order valence-electron chi connectivity index (χ2n) is 5.07. The molecule has 5 heteroatoms. The van der Waals surface area contributed by atoms with Crippen LogP contribution in [0.3, 0.4) is 0 Å². The van der Waals surface area contributed by atoms with E-state index in [9.17, 15) is 0 Å². The molecule has 0 aliphatic rings. The summed E-state index contributed by atoms with van der Waals surface area (Å²) in [4.78, 5) is 9.15. The normalized spacial score (nSPS) is 10.8. The number of hydrogen-bond acceptors (Lipinski definition) is 3. The zero-order valence-corrected chi connectivity index (χ0v) is 14.7. The molecule has 0 saturated carbocycles. The Morgan fingerprint density at radius 3 is 2.48 bits per heavy atom. The van der Waals surface area contributed by atoms with Crippen LogP contribution in [0.25, 0.3) is 28.2 Å². The third-order valence-electron chi connectivity index (χ3n) is 3.70. The maximum atomic E-state index is 5.58. The zero-order chi connectivity index (χ0) is 15.6. The van der Waals surface area contributed by atoms with E-state index in [1.165, 1.54) is 19.0 Å². The first kappa shape index (κ1) is 14.1. The van der Waals surface area contributed by atoms with Crippen LogP contribution in [0.4, 0.5) is 0 Å². The molecule has 0 unspecified atom stereocenters. The molecule has 0 atom stereocenters. The summed E-state index contributed by atoms with van der Waals surface area (Å²) in [5, 5.41) is 0. The van der Waals surface area contributed by atoms with Crippen molar-refractivity contribution < 1.29 is 3.53 Å². The molecule has 2 aromatic carbocycles. The van der Waals surface area contributed by atoms with E-state index < -0.39 is 0 Å². The predicted molar refractivity (Wildman–Crippen MR) is 90.7 cm³/mol. The quantitative estimate of drug-likeness (QED) is 0.527. The van der Waals surface area contributed by atoms with Gasteiger partial charge in [-0.2, -0.15) is 0 Å². The molecule has 4 rings (SSSR count). The van der Waals surface area contributed by atoms with Gasteiger partial charge >= 0.3 is 144 Å². The average molecular weight is 356 g/mol. The maximum absolute atomic E-state index is 5.58. The van der Waals surface area contributed by atoms with Gasteiger partial charge in [-0.05, 0) is 0 Å². The Labute approximate surface area is 144 Å². The number of rotatable bonds is 3. The van der Waals surface area contributed by atoms with Crippen molar-refractivity contribution in [2.24, 2.45) is 0 Å². The van der Waals surface area contributed by atoms with E-state index in [1.807, 2.05) is 54.6 Å². The molecule has 4 aromatic rings. The number of hydrogen-bond donors (Lipinski definition) is 0. The second kappa shape index (κ2) is 5.94. The van der Waals surface area contributed by atoms with Gasteiger partial charge in [-0.3, -0.25) is 0 Å². The van der Waals surface area contributed by atoms with Crippen LogP contribution < -0.4 is 3.53 Å². The van der Waals surface area contributed by atoms with Crippen LogP contribution in [0.5, 0.6) is 5.75 Å². The Morgan fingerprint density at radius 1 is 0.870 bits per heavy atom. The first-order valence-corrected chi connectivity index (χ1v) is 8.22. The van der Waals surface area contributed by atoms with Crippen molar-refractivity contribution >= 4 is 30.1 Å². The van der Waals surface area contributed by atoms with Crippen LogP contribution in [-0.2, 0) is 0 Å². The molecule has 2 aromatic heterocycles. The number of fused-ring (bicyclic) bond motifs is 1. The van der Waals surface area contributed by atoms with Crippen LogP contribution >= 0.6 is 0 Å². The summed E-state index contributed by atoms with van der Waals surface area (Å²) in [6.07, 6.45) is 1.76. The summed E-state index contributed by atoms with van der Waals surface area (Å²) in [5.41, 5.74) is 3.71. The third kappa shape index (κ3) is 2.44. The summed E-state index contributed by atoms with van der Waals surface area (Å²) in [5.74, 6) is 1.65. The molecular formula is C18H12GaN3O. The average Bonchev–Trinajstić information content (AvgIpc) is 3.01. The number of imidazole rings is 1. The first-order chi connectivity index (χ1) is 11.4. The minimum absolute atomic E-state index is 0.725. The number of pyridine rings is 1. The van der Waals surface area contributed by atoms with Crippen LogP contribution in [0.2, 0.25) is 0 Å². The Hall–Kier alpha value is -2.50. The standard InChI is InChI=1S/C18H13N3O.Ga/c22-16-11-5-4-9-14(16)18-20-17-15(10-6-12-19-17)21(18)13-7-2-1-3-8-13;/h1-12,22H;/q;+1/p-1. The van der Waals surface area contributed by atoms with E-state index in [4.69, 9.17) is 8.51 Å². The molecule has 0 saturated heterocycles. The van der Waals surface area contributed by atoms with E-state index >= 15 is 0 Å². The Morgan fingerprint density at radius 2 is 1.65 bits per heavy atom. The van der Waals surface area contributed by atoms with E-state index in [0.29, 0.717) is 0 Å². The van der Waals surface area contributed by atoms with Crippen LogP contribution in [-0.4, -0.2) is 33.5 Å². The van der Waals surface area contributed by atoms with Gasteiger partial charge in [0.05, 0.1) is 0 Å². The summed E-state index contributed by atoms with van der Waals surface area (Å²) < 4.78 is 7.69. The van der Waals surface area contributed by atoms with Crippen molar-refractivity contribution in [2.45, 2.75) is 0 Å². The zero-order valence-electron chi connectivity index (χ0n) is 12.3. The van der Waals surface area contributed by atoms with Gasteiger partial charge in [-0.15, -0.1) is 0 Å². The number of nitrogens with zero attached hydrogens (tertiary/aromatic N) is 3. The summed E-state index contributed by atoms with van der Waals surface area (Å²) >= 11 is 1.21. The molecule has 0 fully saturated rings. The van der Waals surface area contributed by atoms with Crippen molar-refractivity contribution in [3.8, 4) is 22.8 Å². The van der Waals surface area contributed by atoms with E-state index in [0.717, 1.165) is 34.0 Å². The Balaban J connectivity index is 2.07. The predicted octanol–water partition coefficient (Wildman–Crippen LogP) is 3.55. The molecule has 4 nitrogen and oxygen atoms in total. The van der Waals surface area contributed by atoms with Crippen LogP contribution in [0, 0.1) is 0 Å². The van der Waals surface area contributed by atoms with E-state index in [2.05, 4.69) is 21.7 Å². The molecule has 0 bridgehead atoms. The molecule has 2 heterocycles. The fraction of sp³-hybridized carbons (Fsp3) is 0. The van der Waals surface area contributed by atoms with Crippen molar-refractivity contribution in [1.82, 2.24) is 14.5 Å². The van der Waals surface area contributed by atoms with Gasteiger partial charge in [0.1, 0.15) is 0 Å². The van der Waals surface area contributed by atoms with Gasteiger partial charge in [0.25, 0.3) is 0 Å². The number of para-hydroxylation sites is 2. The van der Waals surface area contributed by atoms with Crippen LogP contribution in [0.15, 0.2) is 72.9 Å². The molecule has 0 amide bonds. The van der Waals surface area contributed by atoms with Gasteiger partial charge < -0.3 is 0 Å². The molecule has 108 valence electrons. The van der Waals surface area contributed by atoms with E-state index in [1.54, 1.807) is 6.20 Å². The molecular weight excluding hydrogens is 344 g/mol. The van der Waals surface area contributed by atoms with Gasteiger partial charge in [0, 0.05) is 0 Å². The molecule has 0 aliphatic carbocycles. The summed E-state index contributed by atoms with van der Waals surface area (Å²) in [6.45, 7) is 0. The van der Waals surface area contributed by atoms with E-state index in [-0.39, 0.29) is 0 Å². The van der Waals surface area contributed by atoms with Crippen molar-refractivity contribution in [3.63, 3.8) is 0 Å². The fourth-order valence-corrected chi connectivity index (χ4v) is 3.12. The minimum atomic E-state index is 0.725. The van der Waals surface area contributed by atoms with Gasteiger partial charge in [-0.25, -0.2) is 0 Å². The van der Waals surface area contributed by atoms with Crippen molar-refractivity contribution in [1.29, 1.82) is 0 Å². The number of aromatic nitrogens is 3. The summed E-state index contributed by atoms with van der Waals surface area (Å²) in [6, 6.07) is 22.1. The van der Waals surface area contributed by atoms with Crippen molar-refractivity contribution in [2.75, 3.05) is 0 Å². The Kier molecular flexibility index (Phi) is 3.65. The third-order valence-corrected chi connectivity index (χ3v) is 4.23. The monoisotopic (exact) mass is 355 g/mol. The molecule has 0 spiro atoms.